The molecular weight excluding hydrogens is 284 g/mol. The van der Waals surface area contributed by atoms with Crippen molar-refractivity contribution in [3.63, 3.8) is 0 Å². The molecule has 1 N–H and O–H groups in total. The molecule has 20 heavy (non-hydrogen) atoms. The lowest BCUT2D eigenvalue weighted by Crippen LogP contribution is -2.44. The lowest BCUT2D eigenvalue weighted by molar-refractivity contribution is -0.142. The van der Waals surface area contributed by atoms with E-state index in [-0.39, 0.29) is 36.5 Å². The highest BCUT2D eigenvalue weighted by molar-refractivity contribution is 7.91. The van der Waals surface area contributed by atoms with E-state index in [0.29, 0.717) is 6.42 Å². The maximum absolute atomic E-state index is 12.0. The summed E-state index contributed by atoms with van der Waals surface area (Å²) in [6, 6.07) is -0.266. The summed E-state index contributed by atoms with van der Waals surface area (Å²) in [6.07, 6.45) is 0.472. The van der Waals surface area contributed by atoms with Crippen molar-refractivity contribution in [3.05, 3.63) is 0 Å². The van der Waals surface area contributed by atoms with Crippen molar-refractivity contribution in [1.29, 1.82) is 0 Å². The van der Waals surface area contributed by atoms with Crippen LogP contribution in [-0.2, 0) is 19.4 Å². The summed E-state index contributed by atoms with van der Waals surface area (Å²) in [7, 11) is 0.259. The van der Waals surface area contributed by atoms with Crippen molar-refractivity contribution in [3.8, 4) is 0 Å². The first-order chi connectivity index (χ1) is 9.12. The molecule has 0 aromatic carbocycles. The molecule has 0 aromatic heterocycles. The van der Waals surface area contributed by atoms with Crippen LogP contribution in [0.25, 0.3) is 0 Å². The van der Waals surface area contributed by atoms with Gasteiger partial charge in [0.1, 0.15) is 0 Å². The van der Waals surface area contributed by atoms with Crippen LogP contribution in [0.3, 0.4) is 0 Å². The van der Waals surface area contributed by atoms with E-state index < -0.39 is 21.7 Å². The van der Waals surface area contributed by atoms with Crippen LogP contribution in [0.4, 0.5) is 0 Å². The molecule has 1 heterocycles. The predicted molar refractivity (Wildman–Crippen MR) is 74.1 cm³/mol. The quantitative estimate of drug-likeness (QED) is 0.696. The number of carboxylic acids is 1. The molecule has 1 aliphatic heterocycles. The molecule has 7 nitrogen and oxygen atoms in total. The van der Waals surface area contributed by atoms with E-state index in [1.807, 2.05) is 0 Å². The number of hydrogen-bond acceptors (Lipinski definition) is 5. The highest BCUT2D eigenvalue weighted by Crippen LogP contribution is 2.16. The smallest absolute Gasteiger partial charge is 0.307 e. The van der Waals surface area contributed by atoms with Crippen LogP contribution in [0.5, 0.6) is 0 Å². The van der Waals surface area contributed by atoms with Crippen molar-refractivity contribution in [2.24, 2.45) is 5.92 Å². The van der Waals surface area contributed by atoms with Gasteiger partial charge in [-0.15, -0.1) is 0 Å². The number of carbonyl (C=O) groups excluding carboxylic acids is 1. The van der Waals surface area contributed by atoms with E-state index in [1.165, 1.54) is 4.90 Å². The average molecular weight is 306 g/mol. The zero-order chi connectivity index (χ0) is 15.5. The van der Waals surface area contributed by atoms with E-state index in [9.17, 15) is 18.0 Å². The summed E-state index contributed by atoms with van der Waals surface area (Å²) in [5.74, 6) is -1.50. The normalized spacial score (nSPS) is 22.7. The van der Waals surface area contributed by atoms with Gasteiger partial charge in [-0.2, -0.15) is 0 Å². The van der Waals surface area contributed by atoms with Crippen LogP contribution >= 0.6 is 0 Å². The molecule has 0 aliphatic carbocycles. The standard InChI is InChI=1S/C12H22N2O5S/c1-9(12(16)17)6-13(2)7-11(15)14(3)10-4-5-20(18,19)8-10/h9-10H,4-8H2,1-3H3,(H,16,17). The number of aliphatic carboxylic acids is 1. The number of sulfone groups is 1. The van der Waals surface area contributed by atoms with E-state index in [0.717, 1.165) is 0 Å². The summed E-state index contributed by atoms with van der Waals surface area (Å²) in [4.78, 5) is 25.9. The number of carbonyl (C=O) groups is 2. The van der Waals surface area contributed by atoms with Crippen molar-refractivity contribution >= 4 is 21.7 Å². The fourth-order valence-electron chi connectivity index (χ4n) is 2.24. The van der Waals surface area contributed by atoms with E-state index in [1.54, 1.807) is 25.9 Å². The van der Waals surface area contributed by atoms with Gasteiger partial charge in [0.2, 0.25) is 5.91 Å². The van der Waals surface area contributed by atoms with E-state index >= 15 is 0 Å². The first-order valence-corrected chi connectivity index (χ1v) is 8.32. The summed E-state index contributed by atoms with van der Waals surface area (Å²) in [6.45, 7) is 1.94. The molecule has 0 saturated carbocycles. The van der Waals surface area contributed by atoms with Crippen molar-refractivity contribution in [2.45, 2.75) is 19.4 Å². The van der Waals surface area contributed by atoms with Gasteiger partial charge in [-0.25, -0.2) is 8.42 Å². The van der Waals surface area contributed by atoms with Crippen molar-refractivity contribution < 1.29 is 23.1 Å². The Kier molecular flexibility index (Phi) is 5.52. The predicted octanol–water partition coefficient (Wildman–Crippen LogP) is -0.716. The SMILES string of the molecule is CC(CN(C)CC(=O)N(C)C1CCS(=O)(=O)C1)C(=O)O. The Morgan fingerprint density at radius 3 is 2.40 bits per heavy atom. The number of nitrogens with zero attached hydrogens (tertiary/aromatic N) is 2. The molecule has 116 valence electrons. The highest BCUT2D eigenvalue weighted by Gasteiger charge is 2.32. The fraction of sp³-hybridized carbons (Fsp3) is 0.833. The molecule has 0 bridgehead atoms. The van der Waals surface area contributed by atoms with Crippen molar-refractivity contribution in [1.82, 2.24) is 9.80 Å². The average Bonchev–Trinajstić information content (AvgIpc) is 2.68. The Morgan fingerprint density at radius 1 is 1.35 bits per heavy atom. The lowest BCUT2D eigenvalue weighted by atomic mass is 10.2. The van der Waals surface area contributed by atoms with Crippen molar-refractivity contribution in [2.75, 3.05) is 38.7 Å². The van der Waals surface area contributed by atoms with Crippen LogP contribution in [-0.4, -0.2) is 79.9 Å². The number of hydrogen-bond donors (Lipinski definition) is 1. The number of amides is 1. The van der Waals surface area contributed by atoms with Crippen LogP contribution in [0.1, 0.15) is 13.3 Å². The topological polar surface area (TPSA) is 95.0 Å². The molecule has 2 unspecified atom stereocenters. The Hall–Kier alpha value is -1.15. The molecule has 1 saturated heterocycles. The Labute approximate surface area is 119 Å². The van der Waals surface area contributed by atoms with Gasteiger partial charge in [0, 0.05) is 19.6 Å². The second kappa shape index (κ2) is 6.53. The Balaban J connectivity index is 2.48. The summed E-state index contributed by atoms with van der Waals surface area (Å²) in [5, 5.41) is 8.82. The second-order valence-corrected chi connectivity index (χ2v) is 7.73. The number of likely N-dealkylation sites (N-methyl/N-ethyl adjacent to an activating group) is 2. The van der Waals surface area contributed by atoms with Gasteiger partial charge < -0.3 is 10.0 Å². The van der Waals surface area contributed by atoms with E-state index in [2.05, 4.69) is 0 Å². The monoisotopic (exact) mass is 306 g/mol. The van der Waals surface area contributed by atoms with Gasteiger partial charge in [-0.05, 0) is 13.5 Å². The minimum Gasteiger partial charge on any atom is -0.481 e. The van der Waals surface area contributed by atoms with E-state index in [4.69, 9.17) is 5.11 Å². The van der Waals surface area contributed by atoms with Crippen LogP contribution < -0.4 is 0 Å². The maximum atomic E-state index is 12.0. The molecule has 0 aromatic rings. The molecule has 1 aliphatic rings. The van der Waals surface area contributed by atoms with Gasteiger partial charge >= 0.3 is 5.97 Å². The second-order valence-electron chi connectivity index (χ2n) is 5.50. The summed E-state index contributed by atoms with van der Waals surface area (Å²) in [5.41, 5.74) is 0. The van der Waals surface area contributed by atoms with Gasteiger partial charge in [-0.3, -0.25) is 14.5 Å². The third-order valence-electron chi connectivity index (χ3n) is 3.56. The van der Waals surface area contributed by atoms with Crippen LogP contribution in [0, 0.1) is 5.92 Å². The van der Waals surface area contributed by atoms with Crippen LogP contribution in [0.15, 0.2) is 0 Å². The van der Waals surface area contributed by atoms with Crippen LogP contribution in [0.2, 0.25) is 0 Å². The first kappa shape index (κ1) is 16.9. The molecule has 1 fully saturated rings. The third-order valence-corrected chi connectivity index (χ3v) is 5.31. The van der Waals surface area contributed by atoms with Gasteiger partial charge in [0.15, 0.2) is 9.84 Å². The molecule has 0 radical (unpaired) electrons. The number of carboxylic acid groups (broad SMARTS) is 1. The molecule has 1 amide bonds. The fourth-order valence-corrected chi connectivity index (χ4v) is 4.01. The van der Waals surface area contributed by atoms with Gasteiger partial charge in [0.05, 0.1) is 24.0 Å². The zero-order valence-corrected chi connectivity index (χ0v) is 12.9. The summed E-state index contributed by atoms with van der Waals surface area (Å²) >= 11 is 0. The maximum Gasteiger partial charge on any atom is 0.307 e. The molecule has 0 spiro atoms. The minimum atomic E-state index is -3.02. The van der Waals surface area contributed by atoms with Gasteiger partial charge in [-0.1, -0.05) is 6.92 Å². The zero-order valence-electron chi connectivity index (χ0n) is 12.1. The molecule has 2 atom stereocenters. The third kappa shape index (κ3) is 4.75. The number of rotatable bonds is 6. The Bertz CT molecular complexity index is 476. The Morgan fingerprint density at radius 2 is 1.95 bits per heavy atom. The molecule has 8 heteroatoms. The first-order valence-electron chi connectivity index (χ1n) is 6.50. The molecular formula is C12H22N2O5S. The largest absolute Gasteiger partial charge is 0.481 e. The minimum absolute atomic E-state index is 0.0183. The highest BCUT2D eigenvalue weighted by atomic mass is 32.2. The molecule has 1 rings (SSSR count). The summed E-state index contributed by atoms with van der Waals surface area (Å²) < 4.78 is 22.8. The lowest BCUT2D eigenvalue weighted by Gasteiger charge is -2.26. The van der Waals surface area contributed by atoms with Gasteiger partial charge in [0.25, 0.3) is 0 Å².